The average molecular weight is 447 g/mol. The minimum absolute atomic E-state index is 0.179. The lowest BCUT2D eigenvalue weighted by Gasteiger charge is -2.17. The van der Waals surface area contributed by atoms with Gasteiger partial charge in [0.15, 0.2) is 0 Å². The minimum atomic E-state index is -0.433. The maximum absolute atomic E-state index is 13.7. The number of halogens is 1. The smallest absolute Gasteiger partial charge is 0.282 e. The predicted molar refractivity (Wildman–Crippen MR) is 128 cm³/mol. The van der Waals surface area contributed by atoms with Crippen molar-refractivity contribution >= 4 is 40.4 Å². The van der Waals surface area contributed by atoms with Crippen LogP contribution in [0.4, 0.5) is 11.4 Å². The zero-order valence-electron chi connectivity index (χ0n) is 18.3. The fraction of sp³-hybridized carbons (Fsp3) is 0.154. The summed E-state index contributed by atoms with van der Waals surface area (Å²) in [5.74, 6) is -0.338. The Hall–Kier alpha value is -3.57. The van der Waals surface area contributed by atoms with Gasteiger partial charge in [0.1, 0.15) is 11.4 Å². The fourth-order valence-corrected chi connectivity index (χ4v) is 4.06. The molecule has 162 valence electrons. The van der Waals surface area contributed by atoms with Crippen LogP contribution in [-0.2, 0) is 9.59 Å². The Labute approximate surface area is 192 Å². The van der Waals surface area contributed by atoms with Gasteiger partial charge in [-0.05, 0) is 67.8 Å². The molecule has 0 aliphatic carbocycles. The summed E-state index contributed by atoms with van der Waals surface area (Å²) in [7, 11) is 1.54. The summed E-state index contributed by atoms with van der Waals surface area (Å²) in [4.78, 5) is 28.5. The molecule has 1 N–H and O–H groups in total. The number of nitrogens with one attached hydrogen (secondary N) is 1. The summed E-state index contributed by atoms with van der Waals surface area (Å²) in [6.45, 7) is 5.77. The molecule has 0 unspecified atom stereocenters. The van der Waals surface area contributed by atoms with E-state index in [1.54, 1.807) is 18.2 Å². The van der Waals surface area contributed by atoms with Gasteiger partial charge in [0.25, 0.3) is 11.8 Å². The van der Waals surface area contributed by atoms with Crippen molar-refractivity contribution in [3.05, 3.63) is 93.6 Å². The first-order valence-electron chi connectivity index (χ1n) is 10.2. The molecule has 0 atom stereocenters. The predicted octanol–water partition coefficient (Wildman–Crippen LogP) is 5.67. The van der Waals surface area contributed by atoms with Crippen molar-refractivity contribution in [3.63, 3.8) is 0 Å². The van der Waals surface area contributed by atoms with Gasteiger partial charge < -0.3 is 10.1 Å². The van der Waals surface area contributed by atoms with E-state index in [0.29, 0.717) is 27.7 Å². The van der Waals surface area contributed by atoms with E-state index in [1.165, 1.54) is 12.0 Å². The van der Waals surface area contributed by atoms with E-state index in [1.807, 2.05) is 63.2 Å². The second-order valence-corrected chi connectivity index (χ2v) is 8.24. The molecule has 0 radical (unpaired) electrons. The van der Waals surface area contributed by atoms with Crippen LogP contribution >= 0.6 is 11.6 Å². The summed E-state index contributed by atoms with van der Waals surface area (Å²) in [5.41, 5.74) is 4.97. The van der Waals surface area contributed by atoms with Gasteiger partial charge in [-0.25, -0.2) is 4.90 Å². The molecule has 3 aromatic rings. The number of rotatable bonds is 5. The Kier molecular flexibility index (Phi) is 5.76. The standard InChI is InChI=1S/C26H23ClN2O3/c1-15-11-16(2)13-19(12-15)29-25(30)23(20-7-5-6-8-22(20)32-4)24(26(29)31)28-18-10-9-17(3)21(27)14-18/h5-14,28H,1-4H3. The summed E-state index contributed by atoms with van der Waals surface area (Å²) in [6, 6.07) is 18.2. The number of para-hydroxylation sites is 1. The van der Waals surface area contributed by atoms with E-state index < -0.39 is 11.8 Å². The molecular weight excluding hydrogens is 424 g/mol. The molecule has 1 aliphatic rings. The van der Waals surface area contributed by atoms with E-state index in [0.717, 1.165) is 16.7 Å². The van der Waals surface area contributed by atoms with Crippen LogP contribution in [-0.4, -0.2) is 18.9 Å². The maximum atomic E-state index is 13.7. The van der Waals surface area contributed by atoms with Crippen LogP contribution < -0.4 is 15.0 Å². The molecule has 0 saturated carbocycles. The van der Waals surface area contributed by atoms with Crippen LogP contribution in [0.1, 0.15) is 22.3 Å². The highest BCUT2D eigenvalue weighted by Gasteiger charge is 2.41. The first-order valence-corrected chi connectivity index (χ1v) is 10.6. The molecular formula is C26H23ClN2O3. The van der Waals surface area contributed by atoms with Crippen LogP contribution in [0, 0.1) is 20.8 Å². The van der Waals surface area contributed by atoms with Crippen molar-refractivity contribution in [2.75, 3.05) is 17.3 Å². The number of hydrogen-bond acceptors (Lipinski definition) is 4. The zero-order valence-corrected chi connectivity index (χ0v) is 19.1. The highest BCUT2D eigenvalue weighted by molar-refractivity contribution is 6.46. The topological polar surface area (TPSA) is 58.6 Å². The molecule has 0 fully saturated rings. The molecule has 6 heteroatoms. The van der Waals surface area contributed by atoms with Crippen LogP contribution in [0.3, 0.4) is 0 Å². The van der Waals surface area contributed by atoms with Gasteiger partial charge in [0.05, 0.1) is 18.4 Å². The lowest BCUT2D eigenvalue weighted by atomic mass is 10.0. The van der Waals surface area contributed by atoms with Crippen molar-refractivity contribution in [2.45, 2.75) is 20.8 Å². The molecule has 0 spiro atoms. The maximum Gasteiger partial charge on any atom is 0.282 e. The normalized spacial score (nSPS) is 13.7. The van der Waals surface area contributed by atoms with Gasteiger partial charge in [0.2, 0.25) is 0 Å². The van der Waals surface area contributed by atoms with Gasteiger partial charge in [-0.2, -0.15) is 0 Å². The first kappa shape index (κ1) is 21.7. The summed E-state index contributed by atoms with van der Waals surface area (Å²) in [5, 5.41) is 3.71. The number of carbonyl (C=O) groups excluding carboxylic acids is 2. The van der Waals surface area contributed by atoms with E-state index in [2.05, 4.69) is 5.32 Å². The summed E-state index contributed by atoms with van der Waals surface area (Å²) < 4.78 is 5.49. The van der Waals surface area contributed by atoms with Crippen molar-refractivity contribution in [1.82, 2.24) is 0 Å². The quantitative estimate of drug-likeness (QED) is 0.513. The van der Waals surface area contributed by atoms with Crippen LogP contribution in [0.5, 0.6) is 5.75 Å². The Bertz CT molecular complexity index is 1260. The Balaban J connectivity index is 1.88. The van der Waals surface area contributed by atoms with Crippen molar-refractivity contribution < 1.29 is 14.3 Å². The number of carbonyl (C=O) groups is 2. The molecule has 3 aromatic carbocycles. The van der Waals surface area contributed by atoms with Crippen LogP contribution in [0.25, 0.3) is 5.57 Å². The number of imide groups is 1. The minimum Gasteiger partial charge on any atom is -0.496 e. The molecule has 1 aliphatic heterocycles. The number of aryl methyl sites for hydroxylation is 3. The number of methoxy groups -OCH3 is 1. The van der Waals surface area contributed by atoms with Gasteiger partial charge in [-0.3, -0.25) is 9.59 Å². The largest absolute Gasteiger partial charge is 0.496 e. The molecule has 32 heavy (non-hydrogen) atoms. The van der Waals surface area contributed by atoms with Gasteiger partial charge >= 0.3 is 0 Å². The third-order valence-corrected chi connectivity index (χ3v) is 5.77. The Morgan fingerprint density at radius 3 is 2.22 bits per heavy atom. The third kappa shape index (κ3) is 3.87. The number of ether oxygens (including phenoxy) is 1. The number of benzene rings is 3. The SMILES string of the molecule is COc1ccccc1C1=C(Nc2ccc(C)c(Cl)c2)C(=O)N(c2cc(C)cc(C)c2)C1=O. The third-order valence-electron chi connectivity index (χ3n) is 5.37. The van der Waals surface area contributed by atoms with Gasteiger partial charge in [0, 0.05) is 16.3 Å². The van der Waals surface area contributed by atoms with E-state index in [4.69, 9.17) is 16.3 Å². The van der Waals surface area contributed by atoms with E-state index in [-0.39, 0.29) is 11.3 Å². The highest BCUT2D eigenvalue weighted by Crippen LogP contribution is 2.38. The van der Waals surface area contributed by atoms with Crippen molar-refractivity contribution in [1.29, 1.82) is 0 Å². The lowest BCUT2D eigenvalue weighted by Crippen LogP contribution is -2.32. The summed E-state index contributed by atoms with van der Waals surface area (Å²) >= 11 is 6.29. The first-order chi connectivity index (χ1) is 15.3. The second-order valence-electron chi connectivity index (χ2n) is 7.83. The number of nitrogens with zero attached hydrogens (tertiary/aromatic N) is 1. The lowest BCUT2D eigenvalue weighted by molar-refractivity contribution is -0.120. The number of amides is 2. The Morgan fingerprint density at radius 1 is 0.875 bits per heavy atom. The summed E-state index contributed by atoms with van der Waals surface area (Å²) in [6.07, 6.45) is 0. The van der Waals surface area contributed by atoms with Crippen molar-refractivity contribution in [2.24, 2.45) is 0 Å². The average Bonchev–Trinajstić information content (AvgIpc) is 2.99. The van der Waals surface area contributed by atoms with Crippen LogP contribution in [0.2, 0.25) is 5.02 Å². The molecule has 0 saturated heterocycles. The fourth-order valence-electron chi connectivity index (χ4n) is 3.88. The van der Waals surface area contributed by atoms with Crippen LogP contribution in [0.15, 0.2) is 66.4 Å². The molecule has 1 heterocycles. The highest BCUT2D eigenvalue weighted by atomic mass is 35.5. The number of anilines is 2. The van der Waals surface area contributed by atoms with Gasteiger partial charge in [-0.1, -0.05) is 41.9 Å². The molecule has 2 amide bonds. The molecule has 5 nitrogen and oxygen atoms in total. The van der Waals surface area contributed by atoms with Crippen molar-refractivity contribution in [3.8, 4) is 5.75 Å². The van der Waals surface area contributed by atoms with Gasteiger partial charge in [-0.15, -0.1) is 0 Å². The molecule has 0 aromatic heterocycles. The van der Waals surface area contributed by atoms with E-state index >= 15 is 0 Å². The monoisotopic (exact) mass is 446 g/mol. The zero-order chi connectivity index (χ0) is 23.0. The second kappa shape index (κ2) is 8.52. The molecule has 4 rings (SSSR count). The number of hydrogen-bond donors (Lipinski definition) is 1. The van der Waals surface area contributed by atoms with E-state index in [9.17, 15) is 9.59 Å². The molecule has 0 bridgehead atoms. The Morgan fingerprint density at radius 2 is 1.56 bits per heavy atom.